The van der Waals surface area contributed by atoms with E-state index in [1.165, 1.54) is 24.3 Å². The van der Waals surface area contributed by atoms with Crippen molar-refractivity contribution in [3.8, 4) is 0 Å². The fourth-order valence-electron chi connectivity index (χ4n) is 2.15. The van der Waals surface area contributed by atoms with Crippen LogP contribution in [-0.4, -0.2) is 27.5 Å². The Balaban J connectivity index is 1.91. The number of benzene rings is 1. The normalized spacial score (nSPS) is 16.9. The highest BCUT2D eigenvalue weighted by Gasteiger charge is 2.17. The second kappa shape index (κ2) is 6.34. The third kappa shape index (κ3) is 4.29. The van der Waals surface area contributed by atoms with E-state index < -0.39 is 10.0 Å². The van der Waals surface area contributed by atoms with Crippen molar-refractivity contribution in [3.05, 3.63) is 24.3 Å². The van der Waals surface area contributed by atoms with Crippen LogP contribution in [0.15, 0.2) is 29.2 Å². The van der Waals surface area contributed by atoms with Gasteiger partial charge in [-0.1, -0.05) is 0 Å². The van der Waals surface area contributed by atoms with E-state index >= 15 is 0 Å². The van der Waals surface area contributed by atoms with Crippen molar-refractivity contribution in [2.24, 2.45) is 11.1 Å². The Kier molecular flexibility index (Phi) is 4.74. The zero-order valence-corrected chi connectivity index (χ0v) is 11.9. The highest BCUT2D eigenvalue weighted by molar-refractivity contribution is 7.89. The summed E-state index contributed by atoms with van der Waals surface area (Å²) in [5.41, 5.74) is 0.564. The molecule has 1 aromatic rings. The fourth-order valence-corrected chi connectivity index (χ4v) is 2.67. The van der Waals surface area contributed by atoms with Crippen LogP contribution in [0.1, 0.15) is 19.3 Å². The molecule has 0 spiro atoms. The van der Waals surface area contributed by atoms with Gasteiger partial charge < -0.3 is 10.1 Å². The largest absolute Gasteiger partial charge is 0.381 e. The Morgan fingerprint density at radius 2 is 1.85 bits per heavy atom. The van der Waals surface area contributed by atoms with E-state index in [4.69, 9.17) is 9.88 Å². The molecule has 110 valence electrons. The van der Waals surface area contributed by atoms with Gasteiger partial charge in [-0.05, 0) is 43.0 Å². The van der Waals surface area contributed by atoms with Crippen molar-refractivity contribution >= 4 is 21.6 Å². The smallest absolute Gasteiger partial charge is 0.238 e. The summed E-state index contributed by atoms with van der Waals surface area (Å²) in [6.07, 6.45) is 2.26. The number of hydrogen-bond acceptors (Lipinski definition) is 4. The van der Waals surface area contributed by atoms with Gasteiger partial charge in [0.15, 0.2) is 0 Å². The molecule has 3 N–H and O–H groups in total. The van der Waals surface area contributed by atoms with Gasteiger partial charge in [-0.15, -0.1) is 0 Å². The predicted octanol–water partition coefficient (Wildman–Crippen LogP) is 1.09. The van der Waals surface area contributed by atoms with Crippen LogP contribution in [0.25, 0.3) is 0 Å². The minimum atomic E-state index is -3.70. The molecule has 0 bridgehead atoms. The second-order valence-corrected chi connectivity index (χ2v) is 6.44. The van der Waals surface area contributed by atoms with Crippen molar-refractivity contribution in [2.75, 3.05) is 18.5 Å². The van der Waals surface area contributed by atoms with Crippen molar-refractivity contribution in [2.45, 2.75) is 24.2 Å². The predicted molar refractivity (Wildman–Crippen MR) is 74.6 cm³/mol. The first-order valence-electron chi connectivity index (χ1n) is 6.45. The van der Waals surface area contributed by atoms with Gasteiger partial charge in [-0.3, -0.25) is 4.79 Å². The van der Waals surface area contributed by atoms with Crippen LogP contribution < -0.4 is 10.5 Å². The van der Waals surface area contributed by atoms with E-state index in [0.717, 1.165) is 12.8 Å². The Morgan fingerprint density at radius 3 is 2.40 bits per heavy atom. The van der Waals surface area contributed by atoms with Gasteiger partial charge in [-0.2, -0.15) is 0 Å². The number of primary sulfonamides is 1. The molecule has 1 amide bonds. The number of nitrogens with one attached hydrogen (secondary N) is 1. The summed E-state index contributed by atoms with van der Waals surface area (Å²) < 4.78 is 27.5. The topological polar surface area (TPSA) is 98.5 Å². The monoisotopic (exact) mass is 298 g/mol. The Morgan fingerprint density at radius 1 is 1.25 bits per heavy atom. The molecule has 1 saturated heterocycles. The van der Waals surface area contributed by atoms with Crippen LogP contribution in [-0.2, 0) is 19.6 Å². The first-order valence-corrected chi connectivity index (χ1v) is 8.00. The maximum Gasteiger partial charge on any atom is 0.238 e. The average Bonchev–Trinajstić information content (AvgIpc) is 2.39. The van der Waals surface area contributed by atoms with Gasteiger partial charge in [0.25, 0.3) is 0 Å². The number of ether oxygens (including phenoxy) is 1. The van der Waals surface area contributed by atoms with E-state index in [-0.39, 0.29) is 10.8 Å². The average molecular weight is 298 g/mol. The van der Waals surface area contributed by atoms with E-state index in [9.17, 15) is 13.2 Å². The van der Waals surface area contributed by atoms with Gasteiger partial charge in [0.05, 0.1) is 4.90 Å². The van der Waals surface area contributed by atoms with Crippen molar-refractivity contribution in [3.63, 3.8) is 0 Å². The first kappa shape index (κ1) is 15.0. The molecule has 6 nitrogen and oxygen atoms in total. The van der Waals surface area contributed by atoms with Gasteiger partial charge in [0.2, 0.25) is 15.9 Å². The molecule has 0 aromatic heterocycles. The Labute approximate surface area is 118 Å². The zero-order chi connectivity index (χ0) is 14.6. The number of anilines is 1. The van der Waals surface area contributed by atoms with Crippen LogP contribution in [0.4, 0.5) is 5.69 Å². The molecule has 7 heteroatoms. The quantitative estimate of drug-likeness (QED) is 0.869. The molecule has 1 aromatic carbocycles. The maximum absolute atomic E-state index is 11.9. The molecule has 1 fully saturated rings. The minimum absolute atomic E-state index is 0.0277. The maximum atomic E-state index is 11.9. The highest BCUT2D eigenvalue weighted by atomic mass is 32.2. The standard InChI is InChI=1S/C13H18N2O4S/c14-20(17,18)12-3-1-11(2-4-12)15-13(16)9-10-5-7-19-8-6-10/h1-4,10H,5-9H2,(H,15,16)(H2,14,17,18). The van der Waals surface area contributed by atoms with E-state index in [0.29, 0.717) is 31.2 Å². The molecule has 1 heterocycles. The molecule has 0 aliphatic carbocycles. The van der Waals surface area contributed by atoms with Crippen molar-refractivity contribution < 1.29 is 17.9 Å². The molecular formula is C13H18N2O4S. The third-order valence-electron chi connectivity index (χ3n) is 3.28. The zero-order valence-electron chi connectivity index (χ0n) is 11.0. The summed E-state index contributed by atoms with van der Waals surface area (Å²) >= 11 is 0. The second-order valence-electron chi connectivity index (χ2n) is 4.88. The summed E-state index contributed by atoms with van der Waals surface area (Å²) in [6.45, 7) is 1.42. The van der Waals surface area contributed by atoms with Gasteiger partial charge in [0.1, 0.15) is 0 Å². The lowest BCUT2D eigenvalue weighted by Gasteiger charge is -2.21. The summed E-state index contributed by atoms with van der Waals surface area (Å²) in [5, 5.41) is 7.76. The number of carbonyl (C=O) groups excluding carboxylic acids is 1. The molecular weight excluding hydrogens is 280 g/mol. The van der Waals surface area contributed by atoms with E-state index in [1.54, 1.807) is 0 Å². The van der Waals surface area contributed by atoms with Crippen LogP contribution in [0, 0.1) is 5.92 Å². The molecule has 1 aliphatic heterocycles. The molecule has 0 atom stereocenters. The molecule has 0 unspecified atom stereocenters. The molecule has 2 rings (SSSR count). The van der Waals surface area contributed by atoms with Crippen LogP contribution >= 0.6 is 0 Å². The molecule has 20 heavy (non-hydrogen) atoms. The van der Waals surface area contributed by atoms with Gasteiger partial charge >= 0.3 is 0 Å². The third-order valence-corrected chi connectivity index (χ3v) is 4.21. The molecule has 0 saturated carbocycles. The Hall–Kier alpha value is -1.44. The van der Waals surface area contributed by atoms with Crippen molar-refractivity contribution in [1.29, 1.82) is 0 Å². The van der Waals surface area contributed by atoms with Crippen LogP contribution in [0.5, 0.6) is 0 Å². The van der Waals surface area contributed by atoms with Crippen LogP contribution in [0.3, 0.4) is 0 Å². The van der Waals surface area contributed by atoms with Crippen LogP contribution in [0.2, 0.25) is 0 Å². The number of nitrogens with two attached hydrogens (primary N) is 1. The lowest BCUT2D eigenvalue weighted by atomic mass is 9.96. The number of amides is 1. The lowest BCUT2D eigenvalue weighted by Crippen LogP contribution is -2.22. The summed E-state index contributed by atoms with van der Waals surface area (Å²) in [7, 11) is -3.70. The van der Waals surface area contributed by atoms with Gasteiger partial charge in [-0.25, -0.2) is 13.6 Å². The first-order chi connectivity index (χ1) is 9.45. The summed E-state index contributed by atoms with van der Waals surface area (Å²) in [4.78, 5) is 11.9. The number of hydrogen-bond donors (Lipinski definition) is 2. The van der Waals surface area contributed by atoms with E-state index in [2.05, 4.69) is 5.32 Å². The fraction of sp³-hybridized carbons (Fsp3) is 0.462. The SMILES string of the molecule is NS(=O)(=O)c1ccc(NC(=O)CC2CCOCC2)cc1. The summed E-state index contributed by atoms with van der Waals surface area (Å²) in [6, 6.07) is 5.81. The highest BCUT2D eigenvalue weighted by Crippen LogP contribution is 2.19. The Bertz CT molecular complexity index is 563. The number of carbonyl (C=O) groups is 1. The molecule has 0 radical (unpaired) electrons. The lowest BCUT2D eigenvalue weighted by molar-refractivity contribution is -0.117. The number of sulfonamides is 1. The van der Waals surface area contributed by atoms with E-state index in [1.807, 2.05) is 0 Å². The van der Waals surface area contributed by atoms with Crippen molar-refractivity contribution in [1.82, 2.24) is 0 Å². The van der Waals surface area contributed by atoms with Gasteiger partial charge in [0, 0.05) is 25.3 Å². The molecule has 1 aliphatic rings. The number of rotatable bonds is 4. The summed E-state index contributed by atoms with van der Waals surface area (Å²) in [5.74, 6) is 0.285. The minimum Gasteiger partial charge on any atom is -0.381 e.